The third-order valence-corrected chi connectivity index (χ3v) is 4.19. The van der Waals surface area contributed by atoms with Gasteiger partial charge in [0.15, 0.2) is 11.5 Å². The number of hydrogen-bond donors (Lipinski definition) is 1. The third-order valence-electron chi connectivity index (χ3n) is 4.19. The summed E-state index contributed by atoms with van der Waals surface area (Å²) < 4.78 is 14.6. The molecule has 2 aromatic heterocycles. The Kier molecular flexibility index (Phi) is 4.33. The van der Waals surface area contributed by atoms with Crippen molar-refractivity contribution in [3.8, 4) is 11.3 Å². The maximum Gasteiger partial charge on any atom is 0.251 e. The molecule has 1 amide bonds. The number of carbonyl (C=O) groups excluding carboxylic acids is 1. The van der Waals surface area contributed by atoms with E-state index in [2.05, 4.69) is 20.6 Å². The molecule has 2 aromatic carbocycles. The summed E-state index contributed by atoms with van der Waals surface area (Å²) in [5.74, 6) is -0.196. The van der Waals surface area contributed by atoms with E-state index in [-0.39, 0.29) is 18.3 Å². The highest BCUT2D eigenvalue weighted by Crippen LogP contribution is 2.18. The van der Waals surface area contributed by atoms with Crippen LogP contribution in [-0.4, -0.2) is 25.7 Å². The van der Waals surface area contributed by atoms with Crippen LogP contribution in [0.3, 0.4) is 0 Å². The Morgan fingerprint density at radius 2 is 1.74 bits per heavy atom. The van der Waals surface area contributed by atoms with Crippen molar-refractivity contribution in [3.63, 3.8) is 0 Å². The molecule has 6 nitrogen and oxygen atoms in total. The molecule has 4 aromatic rings. The summed E-state index contributed by atoms with van der Waals surface area (Å²) in [5, 5.41) is 15.5. The van der Waals surface area contributed by atoms with Crippen LogP contribution in [0.1, 0.15) is 21.7 Å². The number of rotatable bonds is 4. The lowest BCUT2D eigenvalue weighted by atomic mass is 10.1. The van der Waals surface area contributed by atoms with Crippen LogP contribution in [0, 0.1) is 12.7 Å². The van der Waals surface area contributed by atoms with Gasteiger partial charge in [0.05, 0.1) is 12.2 Å². The van der Waals surface area contributed by atoms with Crippen molar-refractivity contribution in [2.75, 3.05) is 0 Å². The van der Waals surface area contributed by atoms with Crippen LogP contribution in [0.25, 0.3) is 16.9 Å². The number of fused-ring (bicyclic) bond motifs is 1. The maximum atomic E-state index is 13.0. The molecule has 0 aliphatic carbocycles. The van der Waals surface area contributed by atoms with Gasteiger partial charge in [0.2, 0.25) is 0 Å². The number of amides is 1. The Bertz CT molecular complexity index is 1100. The minimum atomic E-state index is -0.386. The number of aromatic nitrogens is 4. The predicted molar refractivity (Wildman–Crippen MR) is 98.5 cm³/mol. The predicted octanol–water partition coefficient (Wildman–Crippen LogP) is 3.17. The van der Waals surface area contributed by atoms with E-state index < -0.39 is 0 Å². The summed E-state index contributed by atoms with van der Waals surface area (Å²) in [4.78, 5) is 12.2. The fourth-order valence-electron chi connectivity index (χ4n) is 2.68. The van der Waals surface area contributed by atoms with Gasteiger partial charge in [-0.1, -0.05) is 29.8 Å². The molecule has 0 atom stereocenters. The van der Waals surface area contributed by atoms with Gasteiger partial charge in [0.25, 0.3) is 5.91 Å². The zero-order valence-electron chi connectivity index (χ0n) is 14.6. The van der Waals surface area contributed by atoms with Gasteiger partial charge in [-0.2, -0.15) is 9.61 Å². The fourth-order valence-corrected chi connectivity index (χ4v) is 2.68. The van der Waals surface area contributed by atoms with Crippen molar-refractivity contribution < 1.29 is 9.18 Å². The van der Waals surface area contributed by atoms with E-state index in [4.69, 9.17) is 0 Å². The summed E-state index contributed by atoms with van der Waals surface area (Å²) in [7, 11) is 0. The van der Waals surface area contributed by atoms with Gasteiger partial charge in [0.1, 0.15) is 5.82 Å². The van der Waals surface area contributed by atoms with Crippen molar-refractivity contribution in [1.29, 1.82) is 0 Å². The van der Waals surface area contributed by atoms with Gasteiger partial charge in [-0.25, -0.2) is 4.39 Å². The van der Waals surface area contributed by atoms with Gasteiger partial charge in [-0.15, -0.1) is 10.2 Å². The van der Waals surface area contributed by atoms with Crippen LogP contribution in [0.2, 0.25) is 0 Å². The Morgan fingerprint density at radius 3 is 2.48 bits per heavy atom. The molecule has 0 unspecified atom stereocenters. The zero-order valence-corrected chi connectivity index (χ0v) is 14.6. The molecule has 134 valence electrons. The van der Waals surface area contributed by atoms with Crippen LogP contribution in [-0.2, 0) is 6.54 Å². The summed E-state index contributed by atoms with van der Waals surface area (Å²) in [6.45, 7) is 2.18. The second kappa shape index (κ2) is 6.95. The Hall–Kier alpha value is -3.61. The number of aryl methyl sites for hydroxylation is 1. The topological polar surface area (TPSA) is 72.2 Å². The van der Waals surface area contributed by atoms with E-state index in [1.807, 2.05) is 43.3 Å². The molecule has 0 saturated carbocycles. The fraction of sp³-hybridized carbons (Fsp3) is 0.100. The number of halogens is 1. The number of hydrogen-bond acceptors (Lipinski definition) is 4. The minimum absolute atomic E-state index is 0.154. The van der Waals surface area contributed by atoms with E-state index >= 15 is 0 Å². The first kappa shape index (κ1) is 16.8. The molecule has 0 aliphatic heterocycles. The van der Waals surface area contributed by atoms with Crippen molar-refractivity contribution >= 4 is 11.6 Å². The summed E-state index contributed by atoms with van der Waals surface area (Å²) in [6.07, 6.45) is 0. The van der Waals surface area contributed by atoms with Gasteiger partial charge < -0.3 is 5.32 Å². The van der Waals surface area contributed by atoms with Crippen molar-refractivity contribution in [3.05, 3.63) is 83.4 Å². The average molecular weight is 361 g/mol. The quantitative estimate of drug-likeness (QED) is 0.606. The van der Waals surface area contributed by atoms with Crippen LogP contribution < -0.4 is 5.32 Å². The van der Waals surface area contributed by atoms with Crippen LogP contribution >= 0.6 is 0 Å². The molecule has 2 heterocycles. The number of nitrogens with one attached hydrogen (secondary N) is 1. The van der Waals surface area contributed by atoms with E-state index in [0.717, 1.165) is 11.3 Å². The maximum absolute atomic E-state index is 13.0. The van der Waals surface area contributed by atoms with E-state index in [1.165, 1.54) is 29.8 Å². The first-order chi connectivity index (χ1) is 13.1. The van der Waals surface area contributed by atoms with Gasteiger partial charge in [-0.3, -0.25) is 4.79 Å². The van der Waals surface area contributed by atoms with Crippen molar-refractivity contribution in [2.45, 2.75) is 13.5 Å². The molecule has 27 heavy (non-hydrogen) atoms. The molecule has 0 saturated heterocycles. The van der Waals surface area contributed by atoms with Crippen LogP contribution in [0.4, 0.5) is 4.39 Å². The summed E-state index contributed by atoms with van der Waals surface area (Å²) >= 11 is 0. The lowest BCUT2D eigenvalue weighted by Gasteiger charge is -2.05. The highest BCUT2D eigenvalue weighted by molar-refractivity contribution is 5.94. The average Bonchev–Trinajstić information content (AvgIpc) is 3.09. The van der Waals surface area contributed by atoms with Crippen LogP contribution in [0.15, 0.2) is 60.7 Å². The third kappa shape index (κ3) is 3.52. The second-order valence-electron chi connectivity index (χ2n) is 6.16. The number of benzene rings is 2. The monoisotopic (exact) mass is 361 g/mol. The van der Waals surface area contributed by atoms with Crippen molar-refractivity contribution in [1.82, 2.24) is 25.1 Å². The lowest BCUT2D eigenvalue weighted by Crippen LogP contribution is -2.24. The zero-order chi connectivity index (χ0) is 18.8. The molecular weight excluding hydrogens is 345 g/mol. The normalized spacial score (nSPS) is 10.9. The molecule has 0 aliphatic rings. The highest BCUT2D eigenvalue weighted by Gasteiger charge is 2.11. The Labute approximate surface area is 154 Å². The highest BCUT2D eigenvalue weighted by atomic mass is 19.1. The summed E-state index contributed by atoms with van der Waals surface area (Å²) in [5.41, 5.74) is 3.91. The molecule has 0 bridgehead atoms. The molecule has 0 radical (unpaired) electrons. The van der Waals surface area contributed by atoms with Crippen LogP contribution in [0.5, 0.6) is 0 Å². The molecule has 4 rings (SSSR count). The standard InChI is InChI=1S/C20H16FN5O/c1-13-2-4-14(5-3-13)17-10-11-18-23-24-19(26(18)25-17)12-22-20(27)15-6-8-16(21)9-7-15/h2-11H,12H2,1H3,(H,22,27). The Morgan fingerprint density at radius 1 is 1.00 bits per heavy atom. The molecule has 0 spiro atoms. The Balaban J connectivity index is 1.56. The first-order valence-corrected chi connectivity index (χ1v) is 8.42. The van der Waals surface area contributed by atoms with Crippen molar-refractivity contribution in [2.24, 2.45) is 0 Å². The summed E-state index contributed by atoms with van der Waals surface area (Å²) in [6, 6.07) is 17.1. The van der Waals surface area contributed by atoms with E-state index in [0.29, 0.717) is 17.0 Å². The molecule has 0 fully saturated rings. The van der Waals surface area contributed by atoms with Gasteiger partial charge >= 0.3 is 0 Å². The smallest absolute Gasteiger partial charge is 0.251 e. The molecule has 7 heteroatoms. The lowest BCUT2D eigenvalue weighted by molar-refractivity contribution is 0.0949. The SMILES string of the molecule is Cc1ccc(-c2ccc3nnc(CNC(=O)c4ccc(F)cc4)n3n2)cc1. The van der Waals surface area contributed by atoms with E-state index in [1.54, 1.807) is 4.52 Å². The second-order valence-corrected chi connectivity index (χ2v) is 6.16. The molecule has 1 N–H and O–H groups in total. The van der Waals surface area contributed by atoms with Gasteiger partial charge in [-0.05, 0) is 43.3 Å². The van der Waals surface area contributed by atoms with E-state index in [9.17, 15) is 9.18 Å². The van der Waals surface area contributed by atoms with Gasteiger partial charge in [0, 0.05) is 11.1 Å². The molecular formula is C20H16FN5O. The first-order valence-electron chi connectivity index (χ1n) is 8.42. The largest absolute Gasteiger partial charge is 0.345 e. The number of carbonyl (C=O) groups is 1. The minimum Gasteiger partial charge on any atom is -0.345 e. The number of nitrogens with zero attached hydrogens (tertiary/aromatic N) is 4.